The summed E-state index contributed by atoms with van der Waals surface area (Å²) in [6.45, 7) is 4.78. The van der Waals surface area contributed by atoms with Crippen LogP contribution >= 0.6 is 0 Å². The maximum Gasteiger partial charge on any atom is 0.346 e. The highest BCUT2D eigenvalue weighted by molar-refractivity contribution is 6.07. The Balaban J connectivity index is 2.36. The van der Waals surface area contributed by atoms with Gasteiger partial charge in [0.15, 0.2) is 6.20 Å². The van der Waals surface area contributed by atoms with Crippen LogP contribution in [0.15, 0.2) is 48.7 Å². The quantitative estimate of drug-likeness (QED) is 0.493. The molecule has 0 unspecified atom stereocenters. The molecule has 0 radical (unpaired) electrons. The molecule has 0 fully saturated rings. The number of para-hydroxylation sites is 1. The third-order valence-electron chi connectivity index (χ3n) is 4.50. The van der Waals surface area contributed by atoms with Gasteiger partial charge in [-0.05, 0) is 26.0 Å². The van der Waals surface area contributed by atoms with E-state index < -0.39 is 0 Å². The van der Waals surface area contributed by atoms with Crippen LogP contribution in [0.1, 0.15) is 24.2 Å². The van der Waals surface area contributed by atoms with Crippen molar-refractivity contribution in [2.45, 2.75) is 20.4 Å². The molecule has 3 aromatic rings. The Kier molecular flexibility index (Phi) is 5.99. The smallest absolute Gasteiger partial charge is 0.346 e. The highest BCUT2D eigenvalue weighted by atomic mass is 16.5. The topological polar surface area (TPSA) is 60.7 Å². The van der Waals surface area contributed by atoms with Gasteiger partial charge < -0.3 is 19.5 Å². The largest absolute Gasteiger partial charge is 0.496 e. The fourth-order valence-corrected chi connectivity index (χ4v) is 3.18. The molecular formula is C22H25N2O4+. The van der Waals surface area contributed by atoms with E-state index in [1.54, 1.807) is 21.1 Å². The first-order valence-corrected chi connectivity index (χ1v) is 9.24. The summed E-state index contributed by atoms with van der Waals surface area (Å²) in [4.78, 5) is 12.7. The zero-order valence-corrected chi connectivity index (χ0v) is 16.6. The molecule has 0 aliphatic carbocycles. The van der Waals surface area contributed by atoms with Crippen molar-refractivity contribution in [1.82, 2.24) is 0 Å². The number of carbonyl (C=O) groups excluding carboxylic acids is 1. The molecule has 0 aliphatic heterocycles. The van der Waals surface area contributed by atoms with Crippen LogP contribution in [0.4, 0.5) is 11.4 Å². The molecule has 6 nitrogen and oxygen atoms in total. The molecule has 0 atom stereocenters. The van der Waals surface area contributed by atoms with Crippen molar-refractivity contribution in [2.75, 3.05) is 26.1 Å². The van der Waals surface area contributed by atoms with Gasteiger partial charge in [-0.15, -0.1) is 0 Å². The van der Waals surface area contributed by atoms with Crippen LogP contribution in [-0.4, -0.2) is 26.8 Å². The Morgan fingerprint density at radius 3 is 2.43 bits per heavy atom. The number of methoxy groups -OCH3 is 2. The van der Waals surface area contributed by atoms with Gasteiger partial charge in [-0.25, -0.2) is 4.79 Å². The number of ether oxygens (including phenoxy) is 3. The average molecular weight is 381 g/mol. The number of anilines is 2. The molecule has 0 amide bonds. The van der Waals surface area contributed by atoms with E-state index in [0.717, 1.165) is 16.6 Å². The van der Waals surface area contributed by atoms with Crippen molar-refractivity contribution in [3.63, 3.8) is 0 Å². The van der Waals surface area contributed by atoms with Crippen molar-refractivity contribution in [3.05, 3.63) is 54.2 Å². The van der Waals surface area contributed by atoms with E-state index in [1.165, 1.54) is 0 Å². The number of esters is 1. The van der Waals surface area contributed by atoms with E-state index in [4.69, 9.17) is 14.2 Å². The number of rotatable bonds is 7. The lowest BCUT2D eigenvalue weighted by atomic mass is 10.1. The summed E-state index contributed by atoms with van der Waals surface area (Å²) in [5.74, 6) is 0.908. The minimum atomic E-state index is -0.386. The summed E-state index contributed by atoms with van der Waals surface area (Å²) >= 11 is 0. The molecule has 6 heteroatoms. The first kappa shape index (κ1) is 19.5. The maximum atomic E-state index is 12.7. The molecule has 0 saturated carbocycles. The van der Waals surface area contributed by atoms with Gasteiger partial charge in [-0.2, -0.15) is 4.57 Å². The standard InChI is InChI=1S/C22H24N2O4/c1-5-24-14-17(22(25)28-6-2)21(23-15-10-8-7-9-11-15)20-18(24)12-16(26-3)13-19(20)27-4/h7-14H,5-6H2,1-4H3/p+1. The Hall–Kier alpha value is -3.28. The molecular weight excluding hydrogens is 356 g/mol. The normalized spacial score (nSPS) is 10.6. The van der Waals surface area contributed by atoms with Gasteiger partial charge in [0.25, 0.3) is 0 Å². The molecule has 0 bridgehead atoms. The number of hydrogen-bond donors (Lipinski definition) is 1. The van der Waals surface area contributed by atoms with Gasteiger partial charge in [0, 0.05) is 11.8 Å². The number of aryl methyl sites for hydroxylation is 1. The zero-order chi connectivity index (χ0) is 20.1. The van der Waals surface area contributed by atoms with Crippen molar-refractivity contribution in [1.29, 1.82) is 0 Å². The molecule has 1 N–H and O–H groups in total. The number of benzene rings is 2. The zero-order valence-electron chi connectivity index (χ0n) is 16.6. The first-order chi connectivity index (χ1) is 13.6. The summed E-state index contributed by atoms with van der Waals surface area (Å²) in [7, 11) is 3.22. The average Bonchev–Trinajstić information content (AvgIpc) is 2.73. The van der Waals surface area contributed by atoms with Gasteiger partial charge in [0.05, 0.1) is 32.6 Å². The number of nitrogens with one attached hydrogen (secondary N) is 1. The van der Waals surface area contributed by atoms with Crippen molar-refractivity contribution in [3.8, 4) is 11.5 Å². The summed E-state index contributed by atoms with van der Waals surface area (Å²) < 4.78 is 18.4. The summed E-state index contributed by atoms with van der Waals surface area (Å²) in [6.07, 6.45) is 1.81. The van der Waals surface area contributed by atoms with Crippen molar-refractivity contribution >= 4 is 28.2 Å². The van der Waals surface area contributed by atoms with Crippen LogP contribution in [0, 0.1) is 0 Å². The van der Waals surface area contributed by atoms with E-state index in [9.17, 15) is 4.79 Å². The molecule has 0 spiro atoms. The Labute approximate surface area is 164 Å². The second-order valence-electron chi connectivity index (χ2n) is 6.14. The molecule has 3 rings (SSSR count). The van der Waals surface area contributed by atoms with Gasteiger partial charge in [-0.1, -0.05) is 18.2 Å². The third kappa shape index (κ3) is 3.71. The van der Waals surface area contributed by atoms with E-state index in [-0.39, 0.29) is 5.97 Å². The lowest BCUT2D eigenvalue weighted by Crippen LogP contribution is -2.35. The predicted molar refractivity (Wildman–Crippen MR) is 109 cm³/mol. The molecule has 0 saturated heterocycles. The minimum Gasteiger partial charge on any atom is -0.496 e. The monoisotopic (exact) mass is 381 g/mol. The molecule has 0 aliphatic rings. The predicted octanol–water partition coefficient (Wildman–Crippen LogP) is 4.08. The van der Waals surface area contributed by atoms with Gasteiger partial charge in [0.1, 0.15) is 29.0 Å². The lowest BCUT2D eigenvalue weighted by molar-refractivity contribution is -0.667. The molecule has 1 aromatic heterocycles. The number of pyridine rings is 1. The van der Waals surface area contributed by atoms with Crippen LogP contribution in [-0.2, 0) is 11.3 Å². The molecule has 146 valence electrons. The molecule has 28 heavy (non-hydrogen) atoms. The van der Waals surface area contributed by atoms with Crippen LogP contribution in [0.2, 0.25) is 0 Å². The SMILES string of the molecule is CCOC(=O)c1c[n+](CC)c2cc(OC)cc(OC)c2c1Nc1ccccc1. The highest BCUT2D eigenvalue weighted by Crippen LogP contribution is 2.38. The second-order valence-corrected chi connectivity index (χ2v) is 6.14. The Bertz CT molecular complexity index is 987. The first-order valence-electron chi connectivity index (χ1n) is 9.24. The van der Waals surface area contributed by atoms with E-state index in [1.807, 2.05) is 60.2 Å². The lowest BCUT2D eigenvalue weighted by Gasteiger charge is -2.16. The maximum absolute atomic E-state index is 12.7. The number of hydrogen-bond acceptors (Lipinski definition) is 5. The fourth-order valence-electron chi connectivity index (χ4n) is 3.18. The van der Waals surface area contributed by atoms with Crippen molar-refractivity contribution in [2.24, 2.45) is 0 Å². The summed E-state index contributed by atoms with van der Waals surface area (Å²) in [5.41, 5.74) is 2.85. The van der Waals surface area contributed by atoms with Crippen LogP contribution in [0.5, 0.6) is 11.5 Å². The summed E-state index contributed by atoms with van der Waals surface area (Å²) in [6, 6.07) is 13.4. The van der Waals surface area contributed by atoms with Crippen molar-refractivity contribution < 1.29 is 23.6 Å². The van der Waals surface area contributed by atoms with Gasteiger partial charge in [-0.3, -0.25) is 0 Å². The fraction of sp³-hybridized carbons (Fsp3) is 0.273. The van der Waals surface area contributed by atoms with Crippen LogP contribution in [0.3, 0.4) is 0 Å². The highest BCUT2D eigenvalue weighted by Gasteiger charge is 2.26. The molecule has 2 aromatic carbocycles. The Morgan fingerprint density at radius 1 is 1.07 bits per heavy atom. The Morgan fingerprint density at radius 2 is 1.82 bits per heavy atom. The minimum absolute atomic E-state index is 0.299. The number of fused-ring (bicyclic) bond motifs is 1. The number of carbonyl (C=O) groups is 1. The van der Waals surface area contributed by atoms with Crippen LogP contribution < -0.4 is 19.4 Å². The number of nitrogens with zero attached hydrogens (tertiary/aromatic N) is 1. The third-order valence-corrected chi connectivity index (χ3v) is 4.50. The second kappa shape index (κ2) is 8.61. The molecule has 1 heterocycles. The van der Waals surface area contributed by atoms with Crippen LogP contribution in [0.25, 0.3) is 10.9 Å². The van der Waals surface area contributed by atoms with E-state index >= 15 is 0 Å². The van der Waals surface area contributed by atoms with Gasteiger partial charge >= 0.3 is 5.97 Å². The van der Waals surface area contributed by atoms with E-state index in [2.05, 4.69) is 5.32 Å². The van der Waals surface area contributed by atoms with Gasteiger partial charge in [0.2, 0.25) is 5.52 Å². The van der Waals surface area contributed by atoms with E-state index in [0.29, 0.717) is 35.9 Å². The summed E-state index contributed by atoms with van der Waals surface area (Å²) in [5, 5.41) is 4.17. The number of aromatic nitrogens is 1.